The van der Waals surface area contributed by atoms with Gasteiger partial charge in [-0.1, -0.05) is 48.5 Å². The molecule has 2 amide bonds. The van der Waals surface area contributed by atoms with E-state index in [2.05, 4.69) is 0 Å². The SMILES string of the molecule is O=C(C=Cc1ccccc1C(F)(F)F)N1C(=O)OC2(CC2)C1c1ccccc1. The van der Waals surface area contributed by atoms with E-state index in [4.69, 9.17) is 4.74 Å². The lowest BCUT2D eigenvalue weighted by Crippen LogP contribution is -2.34. The van der Waals surface area contributed by atoms with Crippen molar-refractivity contribution < 1.29 is 27.5 Å². The van der Waals surface area contributed by atoms with Crippen LogP contribution in [0.25, 0.3) is 6.08 Å². The van der Waals surface area contributed by atoms with E-state index in [0.29, 0.717) is 12.8 Å². The van der Waals surface area contributed by atoms with E-state index in [-0.39, 0.29) is 5.56 Å². The second-order valence-electron chi connectivity index (χ2n) is 6.87. The van der Waals surface area contributed by atoms with Crippen LogP contribution in [0, 0.1) is 0 Å². The predicted octanol–water partition coefficient (Wildman–Crippen LogP) is 4.97. The Bertz CT molecular complexity index is 949. The third-order valence-corrected chi connectivity index (χ3v) is 5.01. The highest BCUT2D eigenvalue weighted by Gasteiger charge is 2.63. The number of imide groups is 1. The largest absolute Gasteiger partial charge is 0.440 e. The van der Waals surface area contributed by atoms with Crippen molar-refractivity contribution in [3.8, 4) is 0 Å². The molecule has 7 heteroatoms. The summed E-state index contributed by atoms with van der Waals surface area (Å²) < 4.78 is 44.8. The van der Waals surface area contributed by atoms with Crippen LogP contribution in [0.2, 0.25) is 0 Å². The molecule has 1 saturated heterocycles. The van der Waals surface area contributed by atoms with Crippen molar-refractivity contribution in [2.24, 2.45) is 0 Å². The Labute approximate surface area is 159 Å². The number of nitrogens with zero attached hydrogens (tertiary/aromatic N) is 1. The van der Waals surface area contributed by atoms with E-state index in [1.54, 1.807) is 24.3 Å². The molecular formula is C21H16F3NO3. The topological polar surface area (TPSA) is 46.6 Å². The lowest BCUT2D eigenvalue weighted by molar-refractivity contribution is -0.137. The molecule has 2 fully saturated rings. The minimum absolute atomic E-state index is 0.145. The molecule has 0 bridgehead atoms. The smallest absolute Gasteiger partial charge is 0.418 e. The van der Waals surface area contributed by atoms with Crippen LogP contribution >= 0.6 is 0 Å². The van der Waals surface area contributed by atoms with Gasteiger partial charge in [0, 0.05) is 6.08 Å². The Hall–Kier alpha value is -3.09. The molecule has 28 heavy (non-hydrogen) atoms. The molecule has 0 radical (unpaired) electrons. The Balaban J connectivity index is 1.64. The summed E-state index contributed by atoms with van der Waals surface area (Å²) in [5.41, 5.74) is -0.968. The normalized spacial score (nSPS) is 20.6. The minimum Gasteiger partial charge on any atom is -0.440 e. The fourth-order valence-electron chi connectivity index (χ4n) is 3.57. The molecule has 4 nitrogen and oxygen atoms in total. The van der Waals surface area contributed by atoms with E-state index in [1.165, 1.54) is 18.2 Å². The van der Waals surface area contributed by atoms with Gasteiger partial charge in [-0.3, -0.25) is 4.79 Å². The summed E-state index contributed by atoms with van der Waals surface area (Å²) in [5, 5.41) is 0. The maximum atomic E-state index is 13.1. The van der Waals surface area contributed by atoms with Gasteiger partial charge >= 0.3 is 12.3 Å². The van der Waals surface area contributed by atoms with Gasteiger partial charge in [0.2, 0.25) is 0 Å². The van der Waals surface area contributed by atoms with E-state index < -0.39 is 35.4 Å². The number of carbonyl (C=O) groups is 2. The molecule has 1 spiro atoms. The van der Waals surface area contributed by atoms with Crippen molar-refractivity contribution in [2.75, 3.05) is 0 Å². The van der Waals surface area contributed by atoms with Gasteiger partial charge < -0.3 is 4.74 Å². The number of alkyl halides is 3. The van der Waals surface area contributed by atoms with E-state index in [9.17, 15) is 22.8 Å². The highest BCUT2D eigenvalue weighted by molar-refractivity contribution is 6.02. The molecule has 2 aromatic carbocycles. The van der Waals surface area contributed by atoms with Crippen LogP contribution < -0.4 is 0 Å². The number of benzene rings is 2. The highest BCUT2D eigenvalue weighted by Crippen LogP contribution is 2.56. The molecule has 4 rings (SSSR count). The predicted molar refractivity (Wildman–Crippen MR) is 95.0 cm³/mol. The van der Waals surface area contributed by atoms with Crippen molar-refractivity contribution in [3.63, 3.8) is 0 Å². The van der Waals surface area contributed by atoms with Crippen LogP contribution in [0.1, 0.15) is 35.6 Å². The van der Waals surface area contributed by atoms with Crippen molar-refractivity contribution in [2.45, 2.75) is 30.7 Å². The Morgan fingerprint density at radius 1 is 1.07 bits per heavy atom. The lowest BCUT2D eigenvalue weighted by Gasteiger charge is -2.22. The average molecular weight is 387 g/mol. The molecule has 1 aliphatic heterocycles. The van der Waals surface area contributed by atoms with Gasteiger partial charge in [0.1, 0.15) is 11.6 Å². The number of rotatable bonds is 3. The Kier molecular flexibility index (Phi) is 4.25. The molecule has 2 aliphatic rings. The first kappa shape index (κ1) is 18.3. The highest BCUT2D eigenvalue weighted by atomic mass is 19.4. The summed E-state index contributed by atoms with van der Waals surface area (Å²) in [6, 6.07) is 13.4. The minimum atomic E-state index is -4.54. The summed E-state index contributed by atoms with van der Waals surface area (Å²) in [6.45, 7) is 0. The second kappa shape index (κ2) is 6.51. The average Bonchev–Trinajstić information content (AvgIpc) is 3.36. The molecule has 0 N–H and O–H groups in total. The van der Waals surface area contributed by atoms with Gasteiger partial charge in [0.25, 0.3) is 5.91 Å². The van der Waals surface area contributed by atoms with Gasteiger partial charge in [-0.15, -0.1) is 0 Å². The van der Waals surface area contributed by atoms with Crippen molar-refractivity contribution >= 4 is 18.1 Å². The third kappa shape index (κ3) is 3.17. The first-order chi connectivity index (χ1) is 13.3. The van der Waals surface area contributed by atoms with Gasteiger partial charge in [0.05, 0.1) is 5.56 Å². The van der Waals surface area contributed by atoms with Gasteiger partial charge in [-0.05, 0) is 36.1 Å². The summed E-state index contributed by atoms with van der Waals surface area (Å²) in [6.07, 6.45) is -1.96. The van der Waals surface area contributed by atoms with Crippen LogP contribution in [0.15, 0.2) is 60.7 Å². The number of amides is 2. The molecular weight excluding hydrogens is 371 g/mol. The van der Waals surface area contributed by atoms with E-state index in [0.717, 1.165) is 28.7 Å². The number of carbonyl (C=O) groups excluding carboxylic acids is 2. The molecule has 1 aliphatic carbocycles. The maximum Gasteiger partial charge on any atom is 0.418 e. The number of hydrogen-bond acceptors (Lipinski definition) is 3. The fourth-order valence-corrected chi connectivity index (χ4v) is 3.57. The van der Waals surface area contributed by atoms with Crippen molar-refractivity contribution in [1.82, 2.24) is 4.90 Å². The fraction of sp³-hybridized carbons (Fsp3) is 0.238. The first-order valence-corrected chi connectivity index (χ1v) is 8.77. The summed E-state index contributed by atoms with van der Waals surface area (Å²) in [4.78, 5) is 26.1. The summed E-state index contributed by atoms with van der Waals surface area (Å²) in [5.74, 6) is -0.709. The van der Waals surface area contributed by atoms with Crippen LogP contribution in [-0.2, 0) is 15.7 Å². The van der Waals surface area contributed by atoms with Gasteiger partial charge in [-0.25, -0.2) is 9.69 Å². The Morgan fingerprint density at radius 2 is 1.71 bits per heavy atom. The third-order valence-electron chi connectivity index (χ3n) is 5.01. The monoisotopic (exact) mass is 387 g/mol. The number of hydrogen-bond donors (Lipinski definition) is 0. The Morgan fingerprint density at radius 3 is 2.36 bits per heavy atom. The van der Waals surface area contributed by atoms with Crippen LogP contribution in [0.5, 0.6) is 0 Å². The standard InChI is InChI=1S/C21H16F3NO3/c22-21(23,24)16-9-5-4-6-14(16)10-11-17(26)25-18(15-7-2-1-3-8-15)20(12-13-20)28-19(25)27/h1-11,18H,12-13H2. The first-order valence-electron chi connectivity index (χ1n) is 8.77. The van der Waals surface area contributed by atoms with E-state index >= 15 is 0 Å². The molecule has 1 unspecified atom stereocenters. The summed E-state index contributed by atoms with van der Waals surface area (Å²) >= 11 is 0. The molecule has 1 heterocycles. The van der Waals surface area contributed by atoms with Crippen LogP contribution in [-0.4, -0.2) is 22.5 Å². The zero-order valence-corrected chi connectivity index (χ0v) is 14.6. The van der Waals surface area contributed by atoms with Crippen molar-refractivity contribution in [1.29, 1.82) is 0 Å². The molecule has 2 aromatic rings. The quantitative estimate of drug-likeness (QED) is 0.699. The zero-order valence-electron chi connectivity index (χ0n) is 14.6. The zero-order chi connectivity index (χ0) is 19.9. The van der Waals surface area contributed by atoms with Crippen molar-refractivity contribution in [3.05, 3.63) is 77.4 Å². The van der Waals surface area contributed by atoms with Crippen LogP contribution in [0.4, 0.5) is 18.0 Å². The maximum absolute atomic E-state index is 13.1. The lowest BCUT2D eigenvalue weighted by atomic mass is 9.99. The summed E-state index contributed by atoms with van der Waals surface area (Å²) in [7, 11) is 0. The van der Waals surface area contributed by atoms with Crippen LogP contribution in [0.3, 0.4) is 0 Å². The second-order valence-corrected chi connectivity index (χ2v) is 6.87. The molecule has 1 atom stereocenters. The van der Waals surface area contributed by atoms with Gasteiger partial charge in [0.15, 0.2) is 0 Å². The number of ether oxygens (including phenoxy) is 1. The van der Waals surface area contributed by atoms with E-state index in [1.807, 2.05) is 6.07 Å². The molecule has 144 valence electrons. The van der Waals surface area contributed by atoms with Gasteiger partial charge in [-0.2, -0.15) is 13.2 Å². The number of halogens is 3. The molecule has 0 aromatic heterocycles. The molecule has 1 saturated carbocycles.